The van der Waals surface area contributed by atoms with Gasteiger partial charge >= 0.3 is 0 Å². The molecule has 7 nitrogen and oxygen atoms in total. The summed E-state index contributed by atoms with van der Waals surface area (Å²) in [5.74, 6) is 0.371. The van der Waals surface area contributed by atoms with E-state index in [0.29, 0.717) is 43.8 Å². The first-order valence-electron chi connectivity index (χ1n) is 12.6. The number of para-hydroxylation sites is 1. The average Bonchev–Trinajstić information content (AvgIpc) is 2.88. The normalized spacial score (nSPS) is 20.5. The summed E-state index contributed by atoms with van der Waals surface area (Å²) >= 11 is 0. The molecular weight excluding hydrogens is 462 g/mol. The third-order valence-electron chi connectivity index (χ3n) is 6.87. The van der Waals surface area contributed by atoms with Crippen molar-refractivity contribution in [2.24, 2.45) is 0 Å². The van der Waals surface area contributed by atoms with Gasteiger partial charge in [0.2, 0.25) is 0 Å². The van der Waals surface area contributed by atoms with E-state index in [1.54, 1.807) is 23.5 Å². The predicted octanol–water partition coefficient (Wildman–Crippen LogP) is 4.26. The zero-order chi connectivity index (χ0) is 25.3. The number of nitrogens with one attached hydrogen (secondary N) is 2. The molecule has 0 saturated heterocycles. The number of hydrogen-bond donors (Lipinski definition) is 2. The zero-order valence-corrected chi connectivity index (χ0v) is 21.9. The minimum absolute atomic E-state index is 0.113. The Kier molecular flexibility index (Phi) is 9.71. The Balaban J connectivity index is 1.72. The van der Waals surface area contributed by atoms with Gasteiger partial charge in [-0.2, -0.15) is 17.4 Å². The Morgan fingerprint density at radius 2 is 1.60 bits per heavy atom. The second-order valence-electron chi connectivity index (χ2n) is 9.33. The van der Waals surface area contributed by atoms with E-state index in [9.17, 15) is 13.2 Å². The summed E-state index contributed by atoms with van der Waals surface area (Å²) in [7, 11) is -1.96. The molecule has 1 aliphatic rings. The summed E-state index contributed by atoms with van der Waals surface area (Å²) in [6.45, 7) is 5.52. The lowest BCUT2D eigenvalue weighted by Gasteiger charge is -2.41. The van der Waals surface area contributed by atoms with Crippen LogP contribution < -0.4 is 14.8 Å². The highest BCUT2D eigenvalue weighted by atomic mass is 32.2. The average molecular weight is 502 g/mol. The van der Waals surface area contributed by atoms with Crippen molar-refractivity contribution in [2.45, 2.75) is 63.8 Å². The molecule has 0 spiro atoms. The number of nitrogens with zero attached hydrogens (tertiary/aromatic N) is 1. The van der Waals surface area contributed by atoms with E-state index in [1.807, 2.05) is 44.2 Å². The Morgan fingerprint density at radius 1 is 1.00 bits per heavy atom. The van der Waals surface area contributed by atoms with Crippen molar-refractivity contribution in [3.8, 4) is 5.75 Å². The van der Waals surface area contributed by atoms with Crippen molar-refractivity contribution >= 4 is 16.1 Å². The molecule has 0 radical (unpaired) electrons. The lowest BCUT2D eigenvalue weighted by Crippen LogP contribution is -2.50. The summed E-state index contributed by atoms with van der Waals surface area (Å²) in [6, 6.07) is 17.3. The summed E-state index contributed by atoms with van der Waals surface area (Å²) in [5, 5.41) is 3.13. The Bertz CT molecular complexity index is 1050. The molecule has 0 atom stereocenters. The van der Waals surface area contributed by atoms with Gasteiger partial charge in [-0.25, -0.2) is 0 Å². The number of rotatable bonds is 12. The topological polar surface area (TPSA) is 87.7 Å². The standard InChI is InChI=1S/C27H39N3O4S/c1-4-19-30(20-5-2)35(32,33)29-23-15-17-27(18-16-23,22-11-7-6-8-12-22)21-28-26(31)24-13-9-10-14-25(24)34-3/h6-14,23,29H,4-5,15-21H2,1-3H3,(H,28,31)/t23-,27-. The third-order valence-corrected chi connectivity index (χ3v) is 8.55. The van der Waals surface area contributed by atoms with Crippen LogP contribution in [0.2, 0.25) is 0 Å². The molecule has 1 amide bonds. The molecule has 2 aromatic carbocycles. The monoisotopic (exact) mass is 501 g/mol. The van der Waals surface area contributed by atoms with Crippen LogP contribution >= 0.6 is 0 Å². The van der Waals surface area contributed by atoms with Gasteiger partial charge in [0.05, 0.1) is 12.7 Å². The summed E-state index contributed by atoms with van der Waals surface area (Å²) in [6.07, 6.45) is 4.55. The van der Waals surface area contributed by atoms with Gasteiger partial charge in [-0.15, -0.1) is 0 Å². The molecule has 0 aliphatic heterocycles. The minimum atomic E-state index is -3.52. The predicted molar refractivity (Wildman–Crippen MR) is 140 cm³/mol. The van der Waals surface area contributed by atoms with Gasteiger partial charge in [0, 0.05) is 31.1 Å². The molecule has 2 aromatic rings. The molecule has 3 rings (SSSR count). The zero-order valence-electron chi connectivity index (χ0n) is 21.1. The van der Waals surface area contributed by atoms with Crippen LogP contribution in [0.1, 0.15) is 68.3 Å². The van der Waals surface area contributed by atoms with Gasteiger partial charge in [0.25, 0.3) is 16.1 Å². The number of amides is 1. The van der Waals surface area contributed by atoms with Crippen LogP contribution in [-0.4, -0.2) is 51.4 Å². The second-order valence-corrected chi connectivity index (χ2v) is 11.0. The van der Waals surface area contributed by atoms with Crippen LogP contribution in [0.15, 0.2) is 54.6 Å². The maximum atomic E-state index is 13.0. The van der Waals surface area contributed by atoms with Crippen molar-refractivity contribution in [3.05, 3.63) is 65.7 Å². The molecule has 192 valence electrons. The van der Waals surface area contributed by atoms with Gasteiger partial charge in [0.15, 0.2) is 0 Å². The largest absolute Gasteiger partial charge is 0.496 e. The van der Waals surface area contributed by atoms with Crippen molar-refractivity contribution in [3.63, 3.8) is 0 Å². The lowest BCUT2D eigenvalue weighted by molar-refractivity contribution is 0.0932. The Hall–Kier alpha value is -2.42. The molecule has 0 heterocycles. The van der Waals surface area contributed by atoms with Crippen molar-refractivity contribution < 1.29 is 17.9 Å². The highest BCUT2D eigenvalue weighted by Crippen LogP contribution is 2.39. The van der Waals surface area contributed by atoms with Gasteiger partial charge in [-0.3, -0.25) is 4.79 Å². The molecule has 1 saturated carbocycles. The molecule has 2 N–H and O–H groups in total. The lowest BCUT2D eigenvalue weighted by atomic mass is 9.68. The van der Waals surface area contributed by atoms with Crippen LogP contribution in [0.5, 0.6) is 5.75 Å². The molecule has 35 heavy (non-hydrogen) atoms. The van der Waals surface area contributed by atoms with E-state index in [0.717, 1.165) is 25.7 Å². The highest BCUT2D eigenvalue weighted by molar-refractivity contribution is 7.87. The fraction of sp³-hybridized carbons (Fsp3) is 0.519. The number of carbonyl (C=O) groups is 1. The first kappa shape index (κ1) is 27.2. The first-order valence-corrected chi connectivity index (χ1v) is 14.0. The van der Waals surface area contributed by atoms with E-state index >= 15 is 0 Å². The van der Waals surface area contributed by atoms with E-state index in [4.69, 9.17) is 4.74 Å². The molecule has 1 fully saturated rings. The summed E-state index contributed by atoms with van der Waals surface area (Å²) in [5.41, 5.74) is 1.42. The summed E-state index contributed by atoms with van der Waals surface area (Å²) in [4.78, 5) is 13.0. The van der Waals surface area contributed by atoms with Gasteiger partial charge in [-0.05, 0) is 56.2 Å². The molecular formula is C27H39N3O4S. The molecule has 0 bridgehead atoms. The van der Waals surface area contributed by atoms with Crippen LogP contribution in [0, 0.1) is 0 Å². The smallest absolute Gasteiger partial charge is 0.279 e. The van der Waals surface area contributed by atoms with Gasteiger partial charge in [-0.1, -0.05) is 56.3 Å². The fourth-order valence-corrected chi connectivity index (χ4v) is 6.61. The van der Waals surface area contributed by atoms with Crippen LogP contribution in [0.25, 0.3) is 0 Å². The molecule has 8 heteroatoms. The van der Waals surface area contributed by atoms with Crippen LogP contribution in [0.3, 0.4) is 0 Å². The van der Waals surface area contributed by atoms with E-state index in [1.165, 1.54) is 5.56 Å². The number of benzene rings is 2. The Morgan fingerprint density at radius 3 is 2.20 bits per heavy atom. The van der Waals surface area contributed by atoms with Crippen LogP contribution in [0.4, 0.5) is 0 Å². The molecule has 0 aromatic heterocycles. The van der Waals surface area contributed by atoms with Crippen molar-refractivity contribution in [1.82, 2.24) is 14.3 Å². The quantitative estimate of drug-likeness (QED) is 0.455. The SMILES string of the molecule is CCCN(CCC)S(=O)(=O)N[C@H]1CC[C@](CNC(=O)c2ccccc2OC)(c2ccccc2)CC1. The number of carbonyl (C=O) groups excluding carboxylic acids is 1. The number of hydrogen-bond acceptors (Lipinski definition) is 4. The maximum Gasteiger partial charge on any atom is 0.279 e. The van der Waals surface area contributed by atoms with E-state index in [-0.39, 0.29) is 17.4 Å². The van der Waals surface area contributed by atoms with E-state index < -0.39 is 10.2 Å². The number of methoxy groups -OCH3 is 1. The van der Waals surface area contributed by atoms with Gasteiger partial charge in [0.1, 0.15) is 5.75 Å². The summed E-state index contributed by atoms with van der Waals surface area (Å²) < 4.78 is 35.8. The van der Waals surface area contributed by atoms with Gasteiger partial charge < -0.3 is 10.1 Å². The van der Waals surface area contributed by atoms with E-state index in [2.05, 4.69) is 22.2 Å². The van der Waals surface area contributed by atoms with Crippen LogP contribution in [-0.2, 0) is 15.6 Å². The minimum Gasteiger partial charge on any atom is -0.496 e. The highest BCUT2D eigenvalue weighted by Gasteiger charge is 2.39. The molecule has 0 unspecified atom stereocenters. The maximum absolute atomic E-state index is 13.0. The third kappa shape index (κ3) is 6.84. The van der Waals surface area contributed by atoms with Crippen molar-refractivity contribution in [1.29, 1.82) is 0 Å². The molecule has 1 aliphatic carbocycles. The number of ether oxygens (including phenoxy) is 1. The Labute approximate surface area is 210 Å². The second kappa shape index (κ2) is 12.5. The fourth-order valence-electron chi connectivity index (χ4n) is 4.96. The first-order chi connectivity index (χ1) is 16.8. The van der Waals surface area contributed by atoms with Crippen molar-refractivity contribution in [2.75, 3.05) is 26.7 Å².